The molecule has 1 heterocycles. The monoisotopic (exact) mass is 413 g/mol. The number of H-pyrrole nitrogens is 1. The molecule has 3 rings (SSSR count). The zero-order chi connectivity index (χ0) is 19.8. The highest BCUT2D eigenvalue weighted by Crippen LogP contribution is 2.34. The molecule has 0 fully saturated rings. The van der Waals surface area contributed by atoms with Crippen molar-refractivity contribution in [1.29, 1.82) is 0 Å². The van der Waals surface area contributed by atoms with Crippen molar-refractivity contribution in [1.82, 2.24) is 9.97 Å². The number of rotatable bonds is 4. The third kappa shape index (κ3) is 4.56. The molecule has 0 spiro atoms. The van der Waals surface area contributed by atoms with E-state index in [4.69, 9.17) is 11.6 Å². The van der Waals surface area contributed by atoms with Crippen molar-refractivity contribution < 1.29 is 18.0 Å². The second-order valence-corrected chi connectivity index (χ2v) is 7.74. The Morgan fingerprint density at radius 1 is 1.26 bits per heavy atom. The fourth-order valence-electron chi connectivity index (χ4n) is 2.41. The number of fused-ring (bicyclic) bond motifs is 1. The molecular weight excluding hydrogens is 399 g/mol. The summed E-state index contributed by atoms with van der Waals surface area (Å²) < 4.78 is 38.5. The van der Waals surface area contributed by atoms with Gasteiger partial charge in [-0.1, -0.05) is 29.4 Å². The van der Waals surface area contributed by atoms with Gasteiger partial charge in [-0.3, -0.25) is 4.79 Å². The zero-order valence-corrected chi connectivity index (χ0v) is 15.9. The normalized spacial score (nSPS) is 13.0. The van der Waals surface area contributed by atoms with E-state index in [1.54, 1.807) is 6.92 Å². The van der Waals surface area contributed by atoms with Crippen LogP contribution < -0.4 is 5.32 Å². The van der Waals surface area contributed by atoms with Gasteiger partial charge < -0.3 is 10.3 Å². The van der Waals surface area contributed by atoms with E-state index in [0.717, 1.165) is 34.8 Å². The second kappa shape index (κ2) is 7.44. The summed E-state index contributed by atoms with van der Waals surface area (Å²) >= 11 is 7.09. The highest BCUT2D eigenvalue weighted by molar-refractivity contribution is 8.00. The van der Waals surface area contributed by atoms with E-state index >= 15 is 0 Å². The van der Waals surface area contributed by atoms with E-state index in [9.17, 15) is 18.0 Å². The molecule has 142 valence electrons. The molecule has 1 aromatic heterocycles. The van der Waals surface area contributed by atoms with Crippen molar-refractivity contribution in [2.45, 2.75) is 30.4 Å². The third-order valence-corrected chi connectivity index (χ3v) is 5.14. The van der Waals surface area contributed by atoms with Gasteiger partial charge in [0.15, 0.2) is 5.16 Å². The first kappa shape index (κ1) is 19.6. The van der Waals surface area contributed by atoms with Crippen molar-refractivity contribution in [3.05, 3.63) is 52.5 Å². The van der Waals surface area contributed by atoms with Crippen molar-refractivity contribution in [2.24, 2.45) is 0 Å². The highest BCUT2D eigenvalue weighted by atomic mass is 35.5. The standard InChI is InChI=1S/C18H15ClF3N3OS/c1-9-3-6-13-15(7-9)25-17(24-13)27-10(2)16(26)23-14-8-11(18(20,21)22)4-5-12(14)19/h3-8,10H,1-2H3,(H,23,26)(H,24,25)/t10-/m1/s1. The van der Waals surface area contributed by atoms with Crippen molar-refractivity contribution >= 4 is 46.0 Å². The van der Waals surface area contributed by atoms with E-state index in [2.05, 4.69) is 15.3 Å². The van der Waals surface area contributed by atoms with Crippen molar-refractivity contribution in [2.75, 3.05) is 5.32 Å². The zero-order valence-electron chi connectivity index (χ0n) is 14.3. The van der Waals surface area contributed by atoms with Crippen LogP contribution in [0.4, 0.5) is 18.9 Å². The van der Waals surface area contributed by atoms with Gasteiger partial charge in [0, 0.05) is 0 Å². The maximum Gasteiger partial charge on any atom is 0.416 e. The lowest BCUT2D eigenvalue weighted by Crippen LogP contribution is -2.23. The Hall–Kier alpha value is -2.19. The lowest BCUT2D eigenvalue weighted by Gasteiger charge is -2.14. The first-order valence-corrected chi connectivity index (χ1v) is 9.20. The van der Waals surface area contributed by atoms with Gasteiger partial charge in [0.25, 0.3) is 0 Å². The number of hydrogen-bond acceptors (Lipinski definition) is 3. The van der Waals surface area contributed by atoms with Crippen molar-refractivity contribution in [3.8, 4) is 0 Å². The van der Waals surface area contributed by atoms with Crippen LogP contribution in [0.5, 0.6) is 0 Å². The van der Waals surface area contributed by atoms with Crippen LogP contribution in [0.3, 0.4) is 0 Å². The van der Waals surface area contributed by atoms with Gasteiger partial charge in [0.1, 0.15) is 0 Å². The fraction of sp³-hybridized carbons (Fsp3) is 0.222. The second-order valence-electron chi connectivity index (χ2n) is 6.00. The molecule has 0 bridgehead atoms. The summed E-state index contributed by atoms with van der Waals surface area (Å²) in [7, 11) is 0. The Bertz CT molecular complexity index is 1000. The predicted molar refractivity (Wildman–Crippen MR) is 101 cm³/mol. The number of carbonyl (C=O) groups excluding carboxylic acids is 1. The van der Waals surface area contributed by atoms with Gasteiger partial charge in [0.2, 0.25) is 5.91 Å². The number of thioether (sulfide) groups is 1. The maximum atomic E-state index is 12.8. The van der Waals surface area contributed by atoms with E-state index in [1.165, 1.54) is 11.8 Å². The van der Waals surface area contributed by atoms with Gasteiger partial charge in [-0.2, -0.15) is 13.2 Å². The van der Waals surface area contributed by atoms with Crippen LogP contribution in [0.1, 0.15) is 18.1 Å². The number of aryl methyl sites for hydroxylation is 1. The van der Waals surface area contributed by atoms with Gasteiger partial charge in [0.05, 0.1) is 32.6 Å². The maximum absolute atomic E-state index is 12.8. The van der Waals surface area contributed by atoms with Crippen LogP contribution in [-0.2, 0) is 11.0 Å². The van der Waals surface area contributed by atoms with E-state index in [-0.39, 0.29) is 10.7 Å². The fourth-order valence-corrected chi connectivity index (χ4v) is 3.39. The number of aromatic amines is 1. The summed E-state index contributed by atoms with van der Waals surface area (Å²) in [4.78, 5) is 19.9. The number of nitrogens with one attached hydrogen (secondary N) is 2. The molecule has 9 heteroatoms. The molecule has 0 aliphatic rings. The number of benzene rings is 2. The van der Waals surface area contributed by atoms with Crippen LogP contribution in [0.2, 0.25) is 5.02 Å². The lowest BCUT2D eigenvalue weighted by molar-refractivity contribution is -0.137. The van der Waals surface area contributed by atoms with Crippen LogP contribution >= 0.6 is 23.4 Å². The number of hydrogen-bond donors (Lipinski definition) is 2. The quantitative estimate of drug-likeness (QED) is 0.542. The summed E-state index contributed by atoms with van der Waals surface area (Å²) in [6.45, 7) is 3.60. The third-order valence-electron chi connectivity index (χ3n) is 3.82. The van der Waals surface area contributed by atoms with Gasteiger partial charge in [-0.25, -0.2) is 4.98 Å². The van der Waals surface area contributed by atoms with E-state index in [1.807, 2.05) is 25.1 Å². The lowest BCUT2D eigenvalue weighted by atomic mass is 10.2. The minimum absolute atomic E-state index is 0.0350. The number of aromatic nitrogens is 2. The number of carbonyl (C=O) groups is 1. The molecule has 1 amide bonds. The number of amides is 1. The Labute approximate surface area is 162 Å². The predicted octanol–water partition coefficient (Wildman–Crippen LogP) is 5.66. The summed E-state index contributed by atoms with van der Waals surface area (Å²) in [6.07, 6.45) is -4.52. The molecule has 2 N–H and O–H groups in total. The Balaban J connectivity index is 1.73. The summed E-state index contributed by atoms with van der Waals surface area (Å²) in [5.41, 5.74) is 1.75. The summed E-state index contributed by atoms with van der Waals surface area (Å²) in [5.74, 6) is -0.474. The molecule has 0 aliphatic heterocycles. The van der Waals surface area contributed by atoms with Crippen LogP contribution in [0.25, 0.3) is 11.0 Å². The molecule has 0 saturated carbocycles. The molecule has 2 aromatic carbocycles. The number of imidazole rings is 1. The number of nitrogens with zero attached hydrogens (tertiary/aromatic N) is 1. The highest BCUT2D eigenvalue weighted by Gasteiger charge is 2.31. The molecule has 4 nitrogen and oxygen atoms in total. The largest absolute Gasteiger partial charge is 0.416 e. The average molecular weight is 414 g/mol. The number of alkyl halides is 3. The molecule has 1 atom stereocenters. The smallest absolute Gasteiger partial charge is 0.333 e. The Kier molecular flexibility index (Phi) is 5.39. The molecule has 0 aliphatic carbocycles. The van der Waals surface area contributed by atoms with Crippen molar-refractivity contribution in [3.63, 3.8) is 0 Å². The average Bonchev–Trinajstić information content (AvgIpc) is 2.96. The van der Waals surface area contributed by atoms with Gasteiger partial charge >= 0.3 is 6.18 Å². The molecule has 0 radical (unpaired) electrons. The minimum Gasteiger partial charge on any atom is -0.333 e. The molecule has 3 aromatic rings. The van der Waals surface area contributed by atoms with E-state index in [0.29, 0.717) is 5.16 Å². The van der Waals surface area contributed by atoms with Crippen LogP contribution in [0.15, 0.2) is 41.6 Å². The Morgan fingerprint density at radius 3 is 2.70 bits per heavy atom. The molecular formula is C18H15ClF3N3OS. The SMILES string of the molecule is Cc1ccc2nc(S[C@H](C)C(=O)Nc3cc(C(F)(F)F)ccc3Cl)[nH]c2c1. The summed E-state index contributed by atoms with van der Waals surface area (Å²) in [5, 5.41) is 2.44. The topological polar surface area (TPSA) is 57.8 Å². The first-order valence-electron chi connectivity index (χ1n) is 7.94. The molecule has 0 unspecified atom stereocenters. The van der Waals surface area contributed by atoms with Crippen LogP contribution in [0, 0.1) is 6.92 Å². The first-order chi connectivity index (χ1) is 12.6. The van der Waals surface area contributed by atoms with E-state index < -0.39 is 22.9 Å². The number of halogens is 4. The molecule has 27 heavy (non-hydrogen) atoms. The summed E-state index contributed by atoms with van der Waals surface area (Å²) in [6, 6.07) is 8.55. The number of anilines is 1. The Morgan fingerprint density at radius 2 is 2.00 bits per heavy atom. The van der Waals surface area contributed by atoms with Gasteiger partial charge in [-0.05, 0) is 49.7 Å². The van der Waals surface area contributed by atoms with Gasteiger partial charge in [-0.15, -0.1) is 0 Å². The minimum atomic E-state index is -4.52. The van der Waals surface area contributed by atoms with Crippen LogP contribution in [-0.4, -0.2) is 21.1 Å². The molecule has 0 saturated heterocycles.